The fraction of sp³-hybridized carbons (Fsp3) is 0.310. The van der Waals surface area contributed by atoms with Gasteiger partial charge in [-0.15, -0.1) is 0 Å². The summed E-state index contributed by atoms with van der Waals surface area (Å²) in [6, 6.07) is 21.3. The number of aryl methyl sites for hydroxylation is 1. The Hall–Kier alpha value is -2.69. The maximum Gasteiger partial charge on any atom is 0.244 e. The molecule has 1 atom stereocenters. The van der Waals surface area contributed by atoms with E-state index in [2.05, 4.69) is 37.2 Å². The summed E-state index contributed by atoms with van der Waals surface area (Å²) in [5.74, 6) is -0.756. The highest BCUT2D eigenvalue weighted by molar-refractivity contribution is 9.10. The highest BCUT2D eigenvalue weighted by atomic mass is 79.9. The van der Waals surface area contributed by atoms with Crippen molar-refractivity contribution >= 4 is 59.4 Å². The second kappa shape index (κ2) is 14.1. The number of carbonyl (C=O) groups excluding carboxylic acids is 2. The van der Waals surface area contributed by atoms with Crippen molar-refractivity contribution in [2.75, 3.05) is 23.7 Å². The second-order valence-corrected chi connectivity index (χ2v) is 13.0. The molecule has 1 N–H and O–H groups in total. The first-order chi connectivity index (χ1) is 18.5. The number of nitrogens with one attached hydrogen (secondary N) is 1. The van der Waals surface area contributed by atoms with E-state index in [4.69, 9.17) is 0 Å². The summed E-state index contributed by atoms with van der Waals surface area (Å²) < 4.78 is 28.6. The molecule has 7 nitrogen and oxygen atoms in total. The first kappa shape index (κ1) is 30.8. The normalized spacial score (nSPS) is 12.0. The molecule has 208 valence electrons. The molecular formula is C29H33Br2N3O4S. The van der Waals surface area contributed by atoms with E-state index in [1.165, 1.54) is 4.90 Å². The van der Waals surface area contributed by atoms with E-state index >= 15 is 0 Å². The summed E-state index contributed by atoms with van der Waals surface area (Å²) >= 11 is 6.88. The van der Waals surface area contributed by atoms with Crippen molar-refractivity contribution in [1.82, 2.24) is 10.2 Å². The molecule has 0 spiro atoms. The van der Waals surface area contributed by atoms with E-state index in [0.717, 1.165) is 42.6 Å². The van der Waals surface area contributed by atoms with Crippen LogP contribution in [0.5, 0.6) is 0 Å². The topological polar surface area (TPSA) is 86.8 Å². The molecule has 0 aliphatic carbocycles. The molecular weight excluding hydrogens is 646 g/mol. The third-order valence-corrected chi connectivity index (χ3v) is 8.75. The number of benzene rings is 3. The van der Waals surface area contributed by atoms with E-state index < -0.39 is 28.5 Å². The number of hydrogen-bond acceptors (Lipinski definition) is 4. The zero-order valence-corrected chi connectivity index (χ0v) is 26.2. The molecule has 1 unspecified atom stereocenters. The van der Waals surface area contributed by atoms with Crippen LogP contribution in [0.1, 0.15) is 30.0 Å². The van der Waals surface area contributed by atoms with Crippen LogP contribution in [0.4, 0.5) is 5.69 Å². The SMILES string of the molecule is CCCNC(=O)C(Cc1ccccc1)N(Cc1ccc(Br)cc1)C(=O)CN(c1ccc(Br)c(C)c1)S(C)(=O)=O. The Bertz CT molecular complexity index is 1380. The molecule has 0 aliphatic rings. The molecule has 0 aliphatic heterocycles. The Morgan fingerprint density at radius 3 is 2.21 bits per heavy atom. The fourth-order valence-electron chi connectivity index (χ4n) is 4.10. The fourth-order valence-corrected chi connectivity index (χ4v) is 5.46. The number of anilines is 1. The van der Waals surface area contributed by atoms with Gasteiger partial charge in [0.05, 0.1) is 11.9 Å². The van der Waals surface area contributed by atoms with Gasteiger partial charge in [0.2, 0.25) is 21.8 Å². The molecule has 3 rings (SSSR count). The summed E-state index contributed by atoms with van der Waals surface area (Å²) in [6.45, 7) is 3.98. The Labute approximate surface area is 247 Å². The summed E-state index contributed by atoms with van der Waals surface area (Å²) in [7, 11) is -3.81. The number of hydrogen-bond donors (Lipinski definition) is 1. The van der Waals surface area contributed by atoms with E-state index in [1.807, 2.05) is 68.4 Å². The van der Waals surface area contributed by atoms with E-state index in [0.29, 0.717) is 12.2 Å². The predicted octanol–water partition coefficient (Wildman–Crippen LogP) is 5.45. The molecule has 10 heteroatoms. The highest BCUT2D eigenvalue weighted by Gasteiger charge is 2.33. The monoisotopic (exact) mass is 677 g/mol. The van der Waals surface area contributed by atoms with Crippen molar-refractivity contribution in [1.29, 1.82) is 0 Å². The maximum atomic E-state index is 14.0. The molecule has 0 fully saturated rings. The summed E-state index contributed by atoms with van der Waals surface area (Å²) in [5.41, 5.74) is 2.93. The van der Waals surface area contributed by atoms with Gasteiger partial charge >= 0.3 is 0 Å². The lowest BCUT2D eigenvalue weighted by atomic mass is 10.0. The number of carbonyl (C=O) groups is 2. The average Bonchev–Trinajstić information content (AvgIpc) is 2.90. The molecule has 39 heavy (non-hydrogen) atoms. The van der Waals surface area contributed by atoms with E-state index in [-0.39, 0.29) is 18.9 Å². The van der Waals surface area contributed by atoms with Gasteiger partial charge < -0.3 is 10.2 Å². The molecule has 2 amide bonds. The van der Waals surface area contributed by atoms with Crippen molar-refractivity contribution in [2.24, 2.45) is 0 Å². The van der Waals surface area contributed by atoms with E-state index in [1.54, 1.807) is 18.2 Å². The molecule has 0 saturated heterocycles. The van der Waals surface area contributed by atoms with Crippen molar-refractivity contribution < 1.29 is 18.0 Å². The number of nitrogens with zero attached hydrogens (tertiary/aromatic N) is 2. The van der Waals surface area contributed by atoms with Crippen LogP contribution in [-0.2, 0) is 32.6 Å². The molecule has 3 aromatic rings. The Balaban J connectivity index is 2.04. The maximum absolute atomic E-state index is 14.0. The van der Waals surface area contributed by atoms with E-state index in [9.17, 15) is 18.0 Å². The summed E-state index contributed by atoms with van der Waals surface area (Å²) in [6.07, 6.45) is 2.11. The lowest BCUT2D eigenvalue weighted by Gasteiger charge is -2.33. The van der Waals surface area contributed by atoms with Crippen LogP contribution in [0.15, 0.2) is 81.7 Å². The van der Waals surface area contributed by atoms with Gasteiger partial charge in [0.15, 0.2) is 0 Å². The minimum absolute atomic E-state index is 0.139. The third kappa shape index (κ3) is 8.91. The van der Waals surface area contributed by atoms with Crippen LogP contribution in [0.25, 0.3) is 0 Å². The molecule has 0 aromatic heterocycles. The lowest BCUT2D eigenvalue weighted by molar-refractivity contribution is -0.140. The zero-order valence-electron chi connectivity index (χ0n) is 22.2. The van der Waals surface area contributed by atoms with Gasteiger partial charge in [-0.3, -0.25) is 13.9 Å². The molecule has 0 bridgehead atoms. The summed E-state index contributed by atoms with van der Waals surface area (Å²) in [5, 5.41) is 2.93. The quantitative estimate of drug-likeness (QED) is 0.276. The van der Waals surface area contributed by atoms with Gasteiger partial charge in [0.1, 0.15) is 12.6 Å². The largest absolute Gasteiger partial charge is 0.354 e. The van der Waals surface area contributed by atoms with Gasteiger partial charge in [-0.1, -0.05) is 81.2 Å². The molecule has 3 aromatic carbocycles. The van der Waals surface area contributed by atoms with Crippen molar-refractivity contribution in [3.63, 3.8) is 0 Å². The number of amides is 2. The predicted molar refractivity (Wildman–Crippen MR) is 163 cm³/mol. The first-order valence-electron chi connectivity index (χ1n) is 12.6. The summed E-state index contributed by atoms with van der Waals surface area (Å²) in [4.78, 5) is 29.0. The van der Waals surface area contributed by atoms with Gasteiger partial charge in [-0.05, 0) is 60.4 Å². The number of sulfonamides is 1. The van der Waals surface area contributed by atoms with Crippen LogP contribution in [0.3, 0.4) is 0 Å². The smallest absolute Gasteiger partial charge is 0.244 e. The van der Waals surface area contributed by atoms with Gasteiger partial charge in [-0.25, -0.2) is 8.42 Å². The second-order valence-electron chi connectivity index (χ2n) is 9.35. The van der Waals surface area contributed by atoms with Crippen molar-refractivity contribution in [3.8, 4) is 0 Å². The van der Waals surface area contributed by atoms with Gasteiger partial charge in [-0.2, -0.15) is 0 Å². The average molecular weight is 679 g/mol. The van der Waals surface area contributed by atoms with Crippen LogP contribution in [0.2, 0.25) is 0 Å². The minimum atomic E-state index is -3.81. The van der Waals surface area contributed by atoms with Crippen molar-refractivity contribution in [2.45, 2.75) is 39.3 Å². The Kier molecular flexibility index (Phi) is 11.1. The Morgan fingerprint density at radius 1 is 0.949 bits per heavy atom. The number of rotatable bonds is 12. The molecule has 0 heterocycles. The van der Waals surface area contributed by atoms with Gasteiger partial charge in [0.25, 0.3) is 0 Å². The zero-order chi connectivity index (χ0) is 28.6. The minimum Gasteiger partial charge on any atom is -0.354 e. The Morgan fingerprint density at radius 2 is 1.62 bits per heavy atom. The lowest BCUT2D eigenvalue weighted by Crippen LogP contribution is -2.53. The van der Waals surface area contributed by atoms with Crippen LogP contribution in [0, 0.1) is 6.92 Å². The third-order valence-electron chi connectivity index (χ3n) is 6.20. The van der Waals surface area contributed by atoms with Gasteiger partial charge in [0, 0.05) is 28.5 Å². The van der Waals surface area contributed by atoms with Crippen LogP contribution in [-0.4, -0.2) is 50.5 Å². The molecule has 0 saturated carbocycles. The van der Waals surface area contributed by atoms with Crippen LogP contribution < -0.4 is 9.62 Å². The van der Waals surface area contributed by atoms with Crippen LogP contribution >= 0.6 is 31.9 Å². The standard InChI is InChI=1S/C29H33Br2N3O4S/c1-4-16-32-29(36)27(18-22-8-6-5-7-9-22)33(19-23-10-12-24(30)13-11-23)28(35)20-34(39(3,37)38)25-14-15-26(31)21(2)17-25/h5-15,17,27H,4,16,18-20H2,1-3H3,(H,32,36). The number of halogens is 2. The first-order valence-corrected chi connectivity index (χ1v) is 16.0. The highest BCUT2D eigenvalue weighted by Crippen LogP contribution is 2.25. The van der Waals surface area contributed by atoms with Crippen molar-refractivity contribution in [3.05, 3.63) is 98.4 Å². The molecule has 0 radical (unpaired) electrons.